The van der Waals surface area contributed by atoms with Gasteiger partial charge in [0.15, 0.2) is 0 Å². The Morgan fingerprint density at radius 1 is 1.07 bits per heavy atom. The number of hydrogen-bond acceptors (Lipinski definition) is 5. The van der Waals surface area contributed by atoms with Gasteiger partial charge in [-0.2, -0.15) is 0 Å². The van der Waals surface area contributed by atoms with E-state index in [1.165, 1.54) is 0 Å². The van der Waals surface area contributed by atoms with Gasteiger partial charge in [0.2, 0.25) is 15.9 Å². The van der Waals surface area contributed by atoms with E-state index in [-0.39, 0.29) is 13.2 Å². The van der Waals surface area contributed by atoms with Gasteiger partial charge >= 0.3 is 0 Å². The number of aryl methyl sites for hydroxylation is 2. The average Bonchev–Trinajstić information content (AvgIpc) is 2.67. The van der Waals surface area contributed by atoms with Gasteiger partial charge in [0.25, 0.3) is 0 Å². The molecule has 0 heterocycles. The highest BCUT2D eigenvalue weighted by atomic mass is 32.2. The Morgan fingerprint density at radius 2 is 1.69 bits per heavy atom. The van der Waals surface area contributed by atoms with Crippen LogP contribution in [0, 0.1) is 13.8 Å². The molecule has 0 spiro atoms. The zero-order chi connectivity index (χ0) is 21.6. The van der Waals surface area contributed by atoms with Gasteiger partial charge in [-0.15, -0.1) is 0 Å². The molecule has 1 atom stereocenters. The van der Waals surface area contributed by atoms with E-state index < -0.39 is 22.0 Å². The van der Waals surface area contributed by atoms with Crippen LogP contribution < -0.4 is 19.1 Å². The lowest BCUT2D eigenvalue weighted by Crippen LogP contribution is -2.48. The summed E-state index contributed by atoms with van der Waals surface area (Å²) in [7, 11) is -2.06. The van der Waals surface area contributed by atoms with Gasteiger partial charge in [0.1, 0.15) is 24.1 Å². The molecule has 1 amide bonds. The van der Waals surface area contributed by atoms with Crippen LogP contribution in [-0.2, 0) is 14.8 Å². The van der Waals surface area contributed by atoms with Crippen molar-refractivity contribution in [1.29, 1.82) is 0 Å². The van der Waals surface area contributed by atoms with Crippen LogP contribution in [0.1, 0.15) is 18.1 Å². The molecule has 2 aromatic carbocycles. The molecule has 0 aliphatic rings. The maximum absolute atomic E-state index is 12.6. The molecule has 1 N–H and O–H groups in total. The molecule has 0 bridgehead atoms. The highest BCUT2D eigenvalue weighted by molar-refractivity contribution is 7.92. The second-order valence-corrected chi connectivity index (χ2v) is 8.68. The van der Waals surface area contributed by atoms with Crippen LogP contribution in [0.15, 0.2) is 42.5 Å². The van der Waals surface area contributed by atoms with Gasteiger partial charge in [0, 0.05) is 0 Å². The van der Waals surface area contributed by atoms with Crippen molar-refractivity contribution in [3.63, 3.8) is 0 Å². The van der Waals surface area contributed by atoms with Crippen molar-refractivity contribution in [3.8, 4) is 11.5 Å². The van der Waals surface area contributed by atoms with Crippen molar-refractivity contribution in [2.45, 2.75) is 26.8 Å². The largest absolute Gasteiger partial charge is 0.497 e. The van der Waals surface area contributed by atoms with E-state index in [0.717, 1.165) is 27.4 Å². The van der Waals surface area contributed by atoms with Gasteiger partial charge in [-0.1, -0.05) is 6.07 Å². The lowest BCUT2D eigenvalue weighted by Gasteiger charge is -2.28. The van der Waals surface area contributed by atoms with Crippen LogP contribution in [-0.4, -0.2) is 46.9 Å². The SMILES string of the molecule is COc1ccc(OCCNC(=O)C(C)N(c2ccc(C)c(C)c2)S(C)(=O)=O)cc1. The number of carbonyl (C=O) groups excluding carboxylic acids is 1. The number of carbonyl (C=O) groups is 1. The van der Waals surface area contributed by atoms with Gasteiger partial charge in [0.05, 0.1) is 25.6 Å². The number of rotatable bonds is 9. The molecule has 1 unspecified atom stereocenters. The highest BCUT2D eigenvalue weighted by Crippen LogP contribution is 2.23. The number of benzene rings is 2. The zero-order valence-corrected chi connectivity index (χ0v) is 18.2. The molecule has 29 heavy (non-hydrogen) atoms. The summed E-state index contributed by atoms with van der Waals surface area (Å²) >= 11 is 0. The van der Waals surface area contributed by atoms with Crippen molar-refractivity contribution in [2.75, 3.05) is 30.8 Å². The summed E-state index contributed by atoms with van der Waals surface area (Å²) in [4.78, 5) is 12.6. The van der Waals surface area contributed by atoms with E-state index in [0.29, 0.717) is 11.4 Å². The maximum Gasteiger partial charge on any atom is 0.243 e. The Balaban J connectivity index is 1.98. The molecule has 7 nitrogen and oxygen atoms in total. The maximum atomic E-state index is 12.6. The van der Waals surface area contributed by atoms with Crippen molar-refractivity contribution < 1.29 is 22.7 Å². The molecule has 0 saturated heterocycles. The number of methoxy groups -OCH3 is 1. The minimum atomic E-state index is -3.64. The highest BCUT2D eigenvalue weighted by Gasteiger charge is 2.29. The summed E-state index contributed by atoms with van der Waals surface area (Å²) in [5.74, 6) is 0.986. The first-order valence-electron chi connectivity index (χ1n) is 9.24. The molecule has 0 aromatic heterocycles. The number of nitrogens with zero attached hydrogens (tertiary/aromatic N) is 1. The van der Waals surface area contributed by atoms with E-state index in [9.17, 15) is 13.2 Å². The molecule has 158 valence electrons. The number of sulfonamides is 1. The molecule has 0 radical (unpaired) electrons. The topological polar surface area (TPSA) is 84.9 Å². The van der Waals surface area contributed by atoms with E-state index in [4.69, 9.17) is 9.47 Å². The van der Waals surface area contributed by atoms with E-state index in [1.807, 2.05) is 19.9 Å². The summed E-state index contributed by atoms with van der Waals surface area (Å²) < 4.78 is 36.5. The fraction of sp³-hybridized carbons (Fsp3) is 0.381. The van der Waals surface area contributed by atoms with Gasteiger partial charge < -0.3 is 14.8 Å². The van der Waals surface area contributed by atoms with Gasteiger partial charge in [-0.25, -0.2) is 8.42 Å². The quantitative estimate of drug-likeness (QED) is 0.631. The average molecular weight is 421 g/mol. The predicted octanol–water partition coefficient (Wildman–Crippen LogP) is 2.66. The molecule has 2 rings (SSSR count). The minimum absolute atomic E-state index is 0.250. The summed E-state index contributed by atoms with van der Waals surface area (Å²) in [6.07, 6.45) is 1.10. The molecule has 0 fully saturated rings. The molecule has 0 aliphatic heterocycles. The van der Waals surface area contributed by atoms with Gasteiger partial charge in [-0.3, -0.25) is 9.10 Å². The number of ether oxygens (including phenoxy) is 2. The first-order chi connectivity index (χ1) is 13.6. The molecule has 0 saturated carbocycles. The smallest absolute Gasteiger partial charge is 0.243 e. The fourth-order valence-electron chi connectivity index (χ4n) is 2.83. The van der Waals surface area contributed by atoms with Crippen LogP contribution in [0.3, 0.4) is 0 Å². The molecule has 2 aromatic rings. The molecular weight excluding hydrogens is 392 g/mol. The van der Waals surface area contributed by atoms with E-state index >= 15 is 0 Å². The Labute approximate surface area is 172 Å². The van der Waals surface area contributed by atoms with E-state index in [2.05, 4.69) is 5.32 Å². The summed E-state index contributed by atoms with van der Waals surface area (Å²) in [6.45, 7) is 5.92. The third-order valence-corrected chi connectivity index (χ3v) is 5.80. The van der Waals surface area contributed by atoms with Crippen LogP contribution >= 0.6 is 0 Å². The summed E-state index contributed by atoms with van der Waals surface area (Å²) in [6, 6.07) is 11.5. The van der Waals surface area contributed by atoms with Crippen LogP contribution in [0.4, 0.5) is 5.69 Å². The Hall–Kier alpha value is -2.74. The number of amides is 1. The molecule has 8 heteroatoms. The van der Waals surface area contributed by atoms with Crippen LogP contribution in [0.5, 0.6) is 11.5 Å². The molecule has 0 aliphatic carbocycles. The standard InChI is InChI=1S/C21H28N2O5S/c1-15-6-7-18(14-16(15)2)23(29(5,25)26)17(3)21(24)22-12-13-28-20-10-8-19(27-4)9-11-20/h6-11,14,17H,12-13H2,1-5H3,(H,22,24). The van der Waals surface area contributed by atoms with Crippen molar-refractivity contribution >= 4 is 21.6 Å². The summed E-state index contributed by atoms with van der Waals surface area (Å²) in [5, 5.41) is 2.73. The first-order valence-corrected chi connectivity index (χ1v) is 11.1. The number of nitrogens with one attached hydrogen (secondary N) is 1. The predicted molar refractivity (Wildman–Crippen MR) is 114 cm³/mol. The van der Waals surface area contributed by atoms with Crippen molar-refractivity contribution in [1.82, 2.24) is 5.32 Å². The van der Waals surface area contributed by atoms with Crippen LogP contribution in [0.2, 0.25) is 0 Å². The summed E-state index contributed by atoms with van der Waals surface area (Å²) in [5.41, 5.74) is 2.47. The first kappa shape index (κ1) is 22.5. The van der Waals surface area contributed by atoms with Gasteiger partial charge in [-0.05, 0) is 68.3 Å². The van der Waals surface area contributed by atoms with Crippen LogP contribution in [0.25, 0.3) is 0 Å². The third kappa shape index (κ3) is 6.12. The Bertz CT molecular complexity index is 942. The second-order valence-electron chi connectivity index (χ2n) is 6.82. The van der Waals surface area contributed by atoms with Crippen molar-refractivity contribution in [3.05, 3.63) is 53.6 Å². The number of anilines is 1. The third-order valence-electron chi connectivity index (χ3n) is 4.56. The lowest BCUT2D eigenvalue weighted by molar-refractivity contribution is -0.121. The monoisotopic (exact) mass is 420 g/mol. The van der Waals surface area contributed by atoms with Crippen molar-refractivity contribution in [2.24, 2.45) is 0 Å². The Kier molecular flexibility index (Phi) is 7.50. The fourth-order valence-corrected chi connectivity index (χ4v) is 4.00. The lowest BCUT2D eigenvalue weighted by atomic mass is 10.1. The zero-order valence-electron chi connectivity index (χ0n) is 17.4. The van der Waals surface area contributed by atoms with E-state index in [1.54, 1.807) is 50.4 Å². The molecular formula is C21H28N2O5S. The second kappa shape index (κ2) is 9.65. The minimum Gasteiger partial charge on any atom is -0.497 e. The normalized spacial score (nSPS) is 12.2. The Morgan fingerprint density at radius 3 is 2.24 bits per heavy atom. The number of hydrogen-bond donors (Lipinski definition) is 1.